The molecule has 0 saturated carbocycles. The van der Waals surface area contributed by atoms with Gasteiger partial charge in [0.1, 0.15) is 5.75 Å². The predicted octanol–water partition coefficient (Wildman–Crippen LogP) is 2.09. The maximum absolute atomic E-state index is 12.0. The molecule has 110 valence electrons. The number of ether oxygens (including phenoxy) is 1. The van der Waals surface area contributed by atoms with E-state index in [4.69, 9.17) is 10.5 Å². The fourth-order valence-corrected chi connectivity index (χ4v) is 1.97. The Kier molecular flexibility index (Phi) is 4.77. The molecule has 0 aliphatic carbocycles. The number of methoxy groups -OCH3 is 1. The van der Waals surface area contributed by atoms with Crippen LogP contribution in [0.4, 0.5) is 5.69 Å². The number of anilines is 1. The molecular weight excluding hydrogens is 266 g/mol. The van der Waals surface area contributed by atoms with Crippen LogP contribution < -0.4 is 15.8 Å². The molecule has 5 nitrogen and oxygen atoms in total. The average Bonchev–Trinajstić information content (AvgIpc) is 2.49. The Balaban J connectivity index is 1.93. The number of hydrogen-bond donors (Lipinski definition) is 2. The molecule has 2 rings (SSSR count). The predicted molar refractivity (Wildman–Crippen MR) is 81.9 cm³/mol. The lowest BCUT2D eigenvalue weighted by Gasteiger charge is -2.14. The second-order valence-electron chi connectivity index (χ2n) is 4.82. The van der Waals surface area contributed by atoms with E-state index in [1.54, 1.807) is 25.4 Å². The Morgan fingerprint density at radius 1 is 1.29 bits per heavy atom. The normalized spacial score (nSPS) is 11.7. The van der Waals surface area contributed by atoms with Crippen molar-refractivity contribution in [3.8, 4) is 5.75 Å². The Morgan fingerprint density at radius 2 is 2.00 bits per heavy atom. The second-order valence-corrected chi connectivity index (χ2v) is 4.82. The summed E-state index contributed by atoms with van der Waals surface area (Å²) >= 11 is 0. The van der Waals surface area contributed by atoms with Gasteiger partial charge in [-0.05, 0) is 36.8 Å². The first-order chi connectivity index (χ1) is 10.1. The number of carbonyl (C=O) groups excluding carboxylic acids is 1. The van der Waals surface area contributed by atoms with Gasteiger partial charge in [-0.3, -0.25) is 9.78 Å². The first kappa shape index (κ1) is 14.8. The fourth-order valence-electron chi connectivity index (χ4n) is 1.97. The smallest absolute Gasteiger partial charge is 0.226 e. The van der Waals surface area contributed by atoms with Gasteiger partial charge in [0.15, 0.2) is 0 Å². The van der Waals surface area contributed by atoms with Gasteiger partial charge in [0.25, 0.3) is 0 Å². The summed E-state index contributed by atoms with van der Waals surface area (Å²) in [6, 6.07) is 11.0. The first-order valence-electron chi connectivity index (χ1n) is 6.72. The zero-order valence-electron chi connectivity index (χ0n) is 12.2. The zero-order valence-corrected chi connectivity index (χ0v) is 12.2. The molecule has 0 spiro atoms. The number of pyridine rings is 1. The van der Waals surface area contributed by atoms with Crippen molar-refractivity contribution in [1.82, 2.24) is 10.3 Å². The molecule has 0 saturated heterocycles. The summed E-state index contributed by atoms with van der Waals surface area (Å²) in [4.78, 5) is 16.1. The van der Waals surface area contributed by atoms with E-state index in [0.717, 1.165) is 11.3 Å². The minimum Gasteiger partial charge on any atom is -0.497 e. The van der Waals surface area contributed by atoms with Gasteiger partial charge in [0.2, 0.25) is 5.91 Å². The topological polar surface area (TPSA) is 77.2 Å². The largest absolute Gasteiger partial charge is 0.497 e. The second kappa shape index (κ2) is 6.74. The summed E-state index contributed by atoms with van der Waals surface area (Å²) in [5, 5.41) is 2.95. The molecule has 1 amide bonds. The lowest BCUT2D eigenvalue weighted by Crippen LogP contribution is -2.28. The highest BCUT2D eigenvalue weighted by Crippen LogP contribution is 2.17. The van der Waals surface area contributed by atoms with Crippen molar-refractivity contribution in [3.05, 3.63) is 53.9 Å². The molecule has 0 radical (unpaired) electrons. The van der Waals surface area contributed by atoms with Crippen LogP contribution in [0.3, 0.4) is 0 Å². The monoisotopic (exact) mass is 285 g/mol. The number of nitrogens with one attached hydrogen (secondary N) is 1. The Bertz CT molecular complexity index is 594. The Labute approximate surface area is 124 Å². The summed E-state index contributed by atoms with van der Waals surface area (Å²) in [6.45, 7) is 1.94. The van der Waals surface area contributed by atoms with E-state index in [0.29, 0.717) is 11.4 Å². The van der Waals surface area contributed by atoms with Crippen LogP contribution >= 0.6 is 0 Å². The van der Waals surface area contributed by atoms with Gasteiger partial charge in [0, 0.05) is 5.69 Å². The minimum absolute atomic E-state index is 0.0720. The van der Waals surface area contributed by atoms with Crippen molar-refractivity contribution in [2.24, 2.45) is 0 Å². The third-order valence-electron chi connectivity index (χ3n) is 3.18. The standard InChI is InChI=1S/C16H19N3O2/c1-11(12-3-7-15(21-2)8-4-12)19-16(20)9-14-6-5-13(17)10-18-14/h3-8,10-11H,9,17H2,1-2H3,(H,19,20)/t11-/m1/s1. The molecular formula is C16H19N3O2. The average molecular weight is 285 g/mol. The molecule has 21 heavy (non-hydrogen) atoms. The lowest BCUT2D eigenvalue weighted by molar-refractivity contribution is -0.121. The van der Waals surface area contributed by atoms with E-state index in [1.807, 2.05) is 31.2 Å². The highest BCUT2D eigenvalue weighted by molar-refractivity contribution is 5.78. The van der Waals surface area contributed by atoms with Crippen LogP contribution in [0.2, 0.25) is 0 Å². The summed E-state index contributed by atoms with van der Waals surface area (Å²) < 4.78 is 5.11. The maximum Gasteiger partial charge on any atom is 0.226 e. The lowest BCUT2D eigenvalue weighted by atomic mass is 10.1. The molecule has 2 aromatic rings. The van der Waals surface area contributed by atoms with E-state index < -0.39 is 0 Å². The van der Waals surface area contributed by atoms with E-state index in [9.17, 15) is 4.79 Å². The number of nitrogens with zero attached hydrogens (tertiary/aromatic N) is 1. The van der Waals surface area contributed by atoms with Crippen LogP contribution in [-0.2, 0) is 11.2 Å². The molecule has 0 fully saturated rings. The summed E-state index contributed by atoms with van der Waals surface area (Å²) in [5.74, 6) is 0.721. The SMILES string of the molecule is COc1ccc([C@@H](C)NC(=O)Cc2ccc(N)cn2)cc1. The number of rotatable bonds is 5. The highest BCUT2D eigenvalue weighted by atomic mass is 16.5. The third-order valence-corrected chi connectivity index (χ3v) is 3.18. The quantitative estimate of drug-likeness (QED) is 0.882. The number of nitrogens with two attached hydrogens (primary N) is 1. The van der Waals surface area contributed by atoms with E-state index in [2.05, 4.69) is 10.3 Å². The number of carbonyl (C=O) groups is 1. The molecule has 0 bridgehead atoms. The van der Waals surface area contributed by atoms with Gasteiger partial charge >= 0.3 is 0 Å². The Morgan fingerprint density at radius 3 is 2.57 bits per heavy atom. The van der Waals surface area contributed by atoms with E-state index >= 15 is 0 Å². The molecule has 5 heteroatoms. The first-order valence-corrected chi connectivity index (χ1v) is 6.72. The van der Waals surface area contributed by atoms with Crippen LogP contribution in [0.1, 0.15) is 24.2 Å². The number of aromatic nitrogens is 1. The molecule has 0 unspecified atom stereocenters. The van der Waals surface area contributed by atoms with Crippen molar-refractivity contribution in [3.63, 3.8) is 0 Å². The van der Waals surface area contributed by atoms with Gasteiger partial charge in [-0.25, -0.2) is 0 Å². The molecule has 0 aliphatic heterocycles. The number of hydrogen-bond acceptors (Lipinski definition) is 4. The fraction of sp³-hybridized carbons (Fsp3) is 0.250. The van der Waals surface area contributed by atoms with Crippen LogP contribution in [-0.4, -0.2) is 18.0 Å². The zero-order chi connectivity index (χ0) is 15.2. The van der Waals surface area contributed by atoms with Crippen LogP contribution in [0.15, 0.2) is 42.6 Å². The summed E-state index contributed by atoms with van der Waals surface area (Å²) in [7, 11) is 1.62. The maximum atomic E-state index is 12.0. The number of amides is 1. The molecule has 0 aliphatic rings. The van der Waals surface area contributed by atoms with Crippen LogP contribution in [0, 0.1) is 0 Å². The molecule has 1 aromatic heterocycles. The van der Waals surface area contributed by atoms with Crippen molar-refractivity contribution in [2.45, 2.75) is 19.4 Å². The van der Waals surface area contributed by atoms with Crippen molar-refractivity contribution in [1.29, 1.82) is 0 Å². The molecule has 1 atom stereocenters. The molecule has 3 N–H and O–H groups in total. The third kappa shape index (κ3) is 4.21. The van der Waals surface area contributed by atoms with Gasteiger partial charge in [0.05, 0.1) is 31.5 Å². The minimum atomic E-state index is -0.0735. The van der Waals surface area contributed by atoms with Gasteiger partial charge in [-0.1, -0.05) is 12.1 Å². The van der Waals surface area contributed by atoms with Crippen molar-refractivity contribution >= 4 is 11.6 Å². The number of nitrogen functional groups attached to an aromatic ring is 1. The van der Waals surface area contributed by atoms with Crippen LogP contribution in [0.25, 0.3) is 0 Å². The number of benzene rings is 1. The highest BCUT2D eigenvalue weighted by Gasteiger charge is 2.10. The van der Waals surface area contributed by atoms with Gasteiger partial charge in [-0.2, -0.15) is 0 Å². The summed E-state index contributed by atoms with van der Waals surface area (Å²) in [6.07, 6.45) is 1.79. The molecule has 1 heterocycles. The molecule has 1 aromatic carbocycles. The van der Waals surface area contributed by atoms with Gasteiger partial charge < -0.3 is 15.8 Å². The van der Waals surface area contributed by atoms with Gasteiger partial charge in [-0.15, -0.1) is 0 Å². The van der Waals surface area contributed by atoms with E-state index in [1.165, 1.54) is 0 Å². The summed E-state index contributed by atoms with van der Waals surface area (Å²) in [5.41, 5.74) is 7.87. The van der Waals surface area contributed by atoms with Crippen molar-refractivity contribution < 1.29 is 9.53 Å². The van der Waals surface area contributed by atoms with E-state index in [-0.39, 0.29) is 18.4 Å². The van der Waals surface area contributed by atoms with Crippen molar-refractivity contribution in [2.75, 3.05) is 12.8 Å². The van der Waals surface area contributed by atoms with Crippen LogP contribution in [0.5, 0.6) is 5.75 Å². The Hall–Kier alpha value is -2.56.